The Kier molecular flexibility index (Phi) is 7.20. The van der Waals surface area contributed by atoms with Crippen LogP contribution in [-0.4, -0.2) is 46.8 Å². The molecule has 0 saturated carbocycles. The van der Waals surface area contributed by atoms with Crippen molar-refractivity contribution in [3.63, 3.8) is 0 Å². The van der Waals surface area contributed by atoms with Gasteiger partial charge in [0.2, 0.25) is 0 Å². The van der Waals surface area contributed by atoms with Gasteiger partial charge in [-0.25, -0.2) is 0 Å². The first kappa shape index (κ1) is 24.9. The summed E-state index contributed by atoms with van der Waals surface area (Å²) in [5.74, 6) is -0.315. The van der Waals surface area contributed by atoms with Crippen LogP contribution in [-0.2, 0) is 29.9 Å². The third-order valence-corrected chi connectivity index (χ3v) is 6.75. The van der Waals surface area contributed by atoms with Crippen LogP contribution in [0.4, 0.5) is 0 Å². The fourth-order valence-electron chi connectivity index (χ4n) is 4.01. The molecule has 0 bridgehead atoms. The lowest BCUT2D eigenvalue weighted by molar-refractivity contribution is -0.106. The van der Waals surface area contributed by atoms with Gasteiger partial charge in [-0.2, -0.15) is 8.42 Å². The molecule has 0 aliphatic carbocycles. The van der Waals surface area contributed by atoms with Crippen molar-refractivity contribution < 1.29 is 31.6 Å². The second-order valence-corrected chi connectivity index (χ2v) is 10.6. The largest absolute Gasteiger partial charge is 0.382 e. The van der Waals surface area contributed by atoms with Crippen molar-refractivity contribution in [3.05, 3.63) is 62.2 Å². The second-order valence-electron chi connectivity index (χ2n) is 7.84. The zero-order chi connectivity index (χ0) is 23.8. The number of carbonyl (C=O) groups excluding carboxylic acids is 1. The predicted molar refractivity (Wildman–Crippen MR) is 127 cm³/mol. The summed E-state index contributed by atoms with van der Waals surface area (Å²) >= 11 is 2.05. The fraction of sp³-hybridized carbons (Fsp3) is 0.409. The Bertz CT molecular complexity index is 1110. The van der Waals surface area contributed by atoms with E-state index in [0.717, 1.165) is 11.8 Å². The molecule has 0 saturated heterocycles. The van der Waals surface area contributed by atoms with Crippen LogP contribution in [0.15, 0.2) is 36.4 Å². The maximum Gasteiger partial charge on any atom is 0.306 e. The van der Waals surface area contributed by atoms with Gasteiger partial charge in [-0.05, 0) is 48.1 Å². The molecule has 3 rings (SSSR count). The zero-order valence-electron chi connectivity index (χ0n) is 18.7. The average Bonchev–Trinajstić information content (AvgIpc) is 3.05. The van der Waals surface area contributed by atoms with Gasteiger partial charge in [0.05, 0.1) is 28.5 Å². The van der Waals surface area contributed by atoms with Crippen molar-refractivity contribution in [2.75, 3.05) is 27.6 Å². The highest BCUT2D eigenvalue weighted by Crippen LogP contribution is 2.50. The van der Waals surface area contributed by atoms with Crippen molar-refractivity contribution in [3.8, 4) is 5.75 Å². The third-order valence-electron chi connectivity index (χ3n) is 5.43. The van der Waals surface area contributed by atoms with Crippen LogP contribution in [0, 0.1) is 3.57 Å². The van der Waals surface area contributed by atoms with E-state index in [1.54, 1.807) is 11.0 Å². The van der Waals surface area contributed by atoms with Crippen molar-refractivity contribution >= 4 is 38.6 Å². The number of hydrogen-bond acceptors (Lipinski definition) is 7. The van der Waals surface area contributed by atoms with Crippen LogP contribution < -0.4 is 4.18 Å². The predicted octanol–water partition coefficient (Wildman–Crippen LogP) is 3.96. The molecule has 174 valence electrons. The first-order valence-electron chi connectivity index (χ1n) is 9.71. The van der Waals surface area contributed by atoms with Crippen LogP contribution in [0.25, 0.3) is 0 Å². The summed E-state index contributed by atoms with van der Waals surface area (Å²) in [5, 5.41) is 0. The van der Waals surface area contributed by atoms with E-state index in [1.807, 2.05) is 66.8 Å². The molecule has 10 heteroatoms. The Morgan fingerprint density at radius 2 is 1.69 bits per heavy atom. The summed E-state index contributed by atoms with van der Waals surface area (Å²) in [6.45, 7) is 3.83. The van der Waals surface area contributed by atoms with Gasteiger partial charge < -0.3 is 18.4 Å². The first-order valence-corrected chi connectivity index (χ1v) is 12.6. The zero-order valence-corrected chi connectivity index (χ0v) is 21.7. The van der Waals surface area contributed by atoms with Gasteiger partial charge in [0, 0.05) is 24.9 Å². The van der Waals surface area contributed by atoms with Gasteiger partial charge in [0.1, 0.15) is 0 Å². The van der Waals surface area contributed by atoms with Crippen LogP contribution in [0.3, 0.4) is 0 Å². The number of rotatable bonds is 8. The molecule has 2 aromatic rings. The molecular weight excluding hydrogens is 549 g/mol. The number of halogens is 1. The summed E-state index contributed by atoms with van der Waals surface area (Å²) in [4.78, 5) is 15.3. The highest BCUT2D eigenvalue weighted by Gasteiger charge is 2.49. The fourth-order valence-corrected chi connectivity index (χ4v) is 5.35. The van der Waals surface area contributed by atoms with Gasteiger partial charge in [-0.3, -0.25) is 9.69 Å². The molecule has 0 radical (unpaired) electrons. The number of ether oxygens (including phenoxy) is 3. The SMILES string of the molecule is COC(OC)c1cc(I)c2c(c1OS(C)(=O)=O)C(OC)N(C(C)(C)c1ccccc1)C2=O. The van der Waals surface area contributed by atoms with Crippen molar-refractivity contribution in [2.24, 2.45) is 0 Å². The summed E-state index contributed by atoms with van der Waals surface area (Å²) < 4.78 is 46.9. The molecule has 0 fully saturated rings. The summed E-state index contributed by atoms with van der Waals surface area (Å²) in [7, 11) is 0.396. The number of methoxy groups -OCH3 is 3. The summed E-state index contributed by atoms with van der Waals surface area (Å²) in [6, 6.07) is 11.2. The monoisotopic (exact) mass is 575 g/mol. The summed E-state index contributed by atoms with van der Waals surface area (Å²) in [6.07, 6.45) is -0.860. The smallest absolute Gasteiger partial charge is 0.306 e. The molecule has 0 N–H and O–H groups in total. The van der Waals surface area contributed by atoms with E-state index in [9.17, 15) is 13.2 Å². The van der Waals surface area contributed by atoms with Crippen LogP contribution >= 0.6 is 22.6 Å². The lowest BCUT2D eigenvalue weighted by Gasteiger charge is -2.39. The number of carbonyl (C=O) groups is 1. The Morgan fingerprint density at radius 3 is 2.19 bits per heavy atom. The van der Waals surface area contributed by atoms with Crippen molar-refractivity contribution in [1.29, 1.82) is 0 Å². The first-order chi connectivity index (χ1) is 15.0. The molecule has 1 unspecified atom stereocenters. The highest BCUT2D eigenvalue weighted by molar-refractivity contribution is 14.1. The maximum atomic E-state index is 13.7. The molecule has 1 aliphatic heterocycles. The normalized spacial score (nSPS) is 16.6. The standard InChI is InChI=1S/C22H26INO7S/c1-22(2,13-10-8-7-9-11-13)24-19(25)16-15(23)12-14(21(29-4)30-5)18(31-32(6,26)27)17(16)20(24)28-3/h7-12,20-21H,1-6H3. The average molecular weight is 575 g/mol. The van der Waals surface area contributed by atoms with Crippen LogP contribution in [0.5, 0.6) is 5.75 Å². The lowest BCUT2D eigenvalue weighted by Crippen LogP contribution is -2.44. The Labute approximate surface area is 202 Å². The molecule has 8 nitrogen and oxygen atoms in total. The molecule has 1 atom stereocenters. The van der Waals surface area contributed by atoms with Gasteiger partial charge in [0.25, 0.3) is 5.91 Å². The van der Waals surface area contributed by atoms with E-state index in [0.29, 0.717) is 20.3 Å². The second kappa shape index (κ2) is 9.26. The van der Waals surface area contributed by atoms with E-state index in [1.165, 1.54) is 21.3 Å². The Morgan fingerprint density at radius 1 is 1.09 bits per heavy atom. The van der Waals surface area contributed by atoms with Crippen LogP contribution in [0.1, 0.15) is 53.4 Å². The van der Waals surface area contributed by atoms with E-state index in [2.05, 4.69) is 0 Å². The van der Waals surface area contributed by atoms with Gasteiger partial charge in [-0.15, -0.1) is 0 Å². The van der Waals surface area contributed by atoms with Gasteiger partial charge in [-0.1, -0.05) is 30.3 Å². The molecule has 0 spiro atoms. The Balaban J connectivity index is 2.31. The minimum atomic E-state index is -3.94. The minimum Gasteiger partial charge on any atom is -0.382 e. The quantitative estimate of drug-likeness (QED) is 0.268. The van der Waals surface area contributed by atoms with Crippen molar-refractivity contribution in [1.82, 2.24) is 4.90 Å². The topological polar surface area (TPSA) is 91.4 Å². The number of nitrogens with zero attached hydrogens (tertiary/aromatic N) is 1. The molecule has 0 aromatic heterocycles. The molecule has 1 aliphatic rings. The van der Waals surface area contributed by atoms with E-state index >= 15 is 0 Å². The van der Waals surface area contributed by atoms with E-state index in [-0.39, 0.29) is 11.7 Å². The molecule has 2 aromatic carbocycles. The van der Waals surface area contributed by atoms with Crippen LogP contribution in [0.2, 0.25) is 0 Å². The van der Waals surface area contributed by atoms with Crippen molar-refractivity contribution in [2.45, 2.75) is 31.9 Å². The number of fused-ring (bicyclic) bond motifs is 1. The number of benzene rings is 2. The molecule has 1 amide bonds. The number of amides is 1. The van der Waals surface area contributed by atoms with Gasteiger partial charge >= 0.3 is 10.1 Å². The molecule has 1 heterocycles. The number of hydrogen-bond donors (Lipinski definition) is 0. The van der Waals surface area contributed by atoms with Gasteiger partial charge in [0.15, 0.2) is 18.3 Å². The van der Waals surface area contributed by atoms with E-state index in [4.69, 9.17) is 18.4 Å². The minimum absolute atomic E-state index is 0.0248. The van der Waals surface area contributed by atoms with E-state index < -0.39 is 28.2 Å². The molecular formula is C22H26INO7S. The highest BCUT2D eigenvalue weighted by atomic mass is 127. The summed E-state index contributed by atoms with van der Waals surface area (Å²) in [5.41, 5.74) is 1.13. The third kappa shape index (κ3) is 4.38. The Hall–Kier alpha value is -1.73. The molecule has 32 heavy (non-hydrogen) atoms. The lowest BCUT2D eigenvalue weighted by atomic mass is 9.92. The maximum absolute atomic E-state index is 13.7.